The third kappa shape index (κ3) is 4.06. The van der Waals surface area contributed by atoms with Gasteiger partial charge in [0.1, 0.15) is 0 Å². The zero-order valence-corrected chi connectivity index (χ0v) is 15.3. The molecular formula is C19H23N7O. The standard InChI is InChI=1S/C19H23N7O/c1-25-19(22-17(24-25)15-7-9-20-10-8-15)23-18(27)16-11-21-26(13-16)12-14-5-3-2-4-6-14/h2-6,11,13,15,20H,7-10,12H2,1H3,(H,22,23,24,27). The predicted octanol–water partition coefficient (Wildman–Crippen LogP) is 1.78. The first kappa shape index (κ1) is 17.4. The molecule has 0 saturated carbocycles. The second-order valence-corrected chi connectivity index (χ2v) is 6.81. The summed E-state index contributed by atoms with van der Waals surface area (Å²) in [6, 6.07) is 10.0. The molecule has 1 fully saturated rings. The molecule has 0 spiro atoms. The van der Waals surface area contributed by atoms with Gasteiger partial charge in [0.15, 0.2) is 5.82 Å². The Morgan fingerprint density at radius 2 is 2.04 bits per heavy atom. The van der Waals surface area contributed by atoms with Gasteiger partial charge in [-0.15, -0.1) is 0 Å². The minimum Gasteiger partial charge on any atom is -0.317 e. The Kier molecular flexibility index (Phi) is 4.97. The van der Waals surface area contributed by atoms with Gasteiger partial charge in [-0.3, -0.25) is 14.8 Å². The number of aromatic nitrogens is 5. The number of carbonyl (C=O) groups is 1. The van der Waals surface area contributed by atoms with Crippen LogP contribution in [0.1, 0.15) is 40.5 Å². The number of rotatable bonds is 5. The van der Waals surface area contributed by atoms with Crippen molar-refractivity contribution in [2.45, 2.75) is 25.3 Å². The lowest BCUT2D eigenvalue weighted by molar-refractivity contribution is 0.102. The van der Waals surface area contributed by atoms with Gasteiger partial charge in [-0.2, -0.15) is 15.2 Å². The molecule has 140 valence electrons. The summed E-state index contributed by atoms with van der Waals surface area (Å²) in [5, 5.41) is 14.9. The van der Waals surface area contributed by atoms with Crippen LogP contribution in [0.2, 0.25) is 0 Å². The van der Waals surface area contributed by atoms with E-state index >= 15 is 0 Å². The second-order valence-electron chi connectivity index (χ2n) is 6.81. The highest BCUT2D eigenvalue weighted by Crippen LogP contribution is 2.23. The van der Waals surface area contributed by atoms with Gasteiger partial charge in [0.05, 0.1) is 18.3 Å². The van der Waals surface area contributed by atoms with Crippen LogP contribution >= 0.6 is 0 Å². The number of hydrogen-bond donors (Lipinski definition) is 2. The van der Waals surface area contributed by atoms with Crippen LogP contribution in [0, 0.1) is 0 Å². The number of hydrogen-bond acceptors (Lipinski definition) is 5. The van der Waals surface area contributed by atoms with Crippen LogP contribution < -0.4 is 10.6 Å². The molecule has 8 heteroatoms. The van der Waals surface area contributed by atoms with E-state index in [0.29, 0.717) is 24.0 Å². The maximum absolute atomic E-state index is 12.6. The molecule has 0 unspecified atom stereocenters. The number of carbonyl (C=O) groups excluding carboxylic acids is 1. The maximum atomic E-state index is 12.6. The molecule has 27 heavy (non-hydrogen) atoms. The molecule has 2 N–H and O–H groups in total. The Bertz CT molecular complexity index is 909. The Labute approximate surface area is 157 Å². The van der Waals surface area contributed by atoms with Gasteiger partial charge >= 0.3 is 0 Å². The molecule has 1 aliphatic heterocycles. The fourth-order valence-corrected chi connectivity index (χ4v) is 3.28. The number of benzene rings is 1. The smallest absolute Gasteiger partial charge is 0.261 e. The highest BCUT2D eigenvalue weighted by Gasteiger charge is 2.21. The van der Waals surface area contributed by atoms with Gasteiger partial charge in [0.2, 0.25) is 5.95 Å². The van der Waals surface area contributed by atoms with Gasteiger partial charge in [-0.25, -0.2) is 4.68 Å². The summed E-state index contributed by atoms with van der Waals surface area (Å²) in [5.74, 6) is 1.37. The van der Waals surface area contributed by atoms with Gasteiger partial charge in [0, 0.05) is 19.2 Å². The molecule has 1 saturated heterocycles. The zero-order valence-electron chi connectivity index (χ0n) is 15.3. The molecule has 2 aromatic heterocycles. The number of nitrogens with zero attached hydrogens (tertiary/aromatic N) is 5. The van der Waals surface area contributed by atoms with Crippen molar-refractivity contribution in [3.63, 3.8) is 0 Å². The maximum Gasteiger partial charge on any atom is 0.261 e. The van der Waals surface area contributed by atoms with Crippen LogP contribution in [0.5, 0.6) is 0 Å². The van der Waals surface area contributed by atoms with Crippen molar-refractivity contribution >= 4 is 11.9 Å². The summed E-state index contributed by atoms with van der Waals surface area (Å²) in [5.41, 5.74) is 1.63. The molecule has 8 nitrogen and oxygen atoms in total. The SMILES string of the molecule is Cn1nc(C2CCNCC2)nc1NC(=O)c1cnn(Cc2ccccc2)c1. The van der Waals surface area contributed by atoms with Crippen LogP contribution in [-0.2, 0) is 13.6 Å². The van der Waals surface area contributed by atoms with E-state index in [1.807, 2.05) is 30.3 Å². The van der Waals surface area contributed by atoms with E-state index in [2.05, 4.69) is 25.8 Å². The van der Waals surface area contributed by atoms with Crippen LogP contribution in [0.25, 0.3) is 0 Å². The Hall–Kier alpha value is -3.00. The molecule has 1 aromatic carbocycles. The number of nitrogens with one attached hydrogen (secondary N) is 2. The lowest BCUT2D eigenvalue weighted by Gasteiger charge is -2.19. The van der Waals surface area contributed by atoms with Crippen molar-refractivity contribution in [1.29, 1.82) is 0 Å². The third-order valence-electron chi connectivity index (χ3n) is 4.79. The summed E-state index contributed by atoms with van der Waals surface area (Å²) in [7, 11) is 1.80. The molecule has 3 aromatic rings. The van der Waals surface area contributed by atoms with Crippen molar-refractivity contribution < 1.29 is 4.79 Å². The summed E-state index contributed by atoms with van der Waals surface area (Å²) in [6.07, 6.45) is 5.35. The lowest BCUT2D eigenvalue weighted by Crippen LogP contribution is -2.27. The molecule has 4 rings (SSSR count). The largest absolute Gasteiger partial charge is 0.317 e. The summed E-state index contributed by atoms with van der Waals surface area (Å²) in [4.78, 5) is 17.1. The molecule has 0 bridgehead atoms. The highest BCUT2D eigenvalue weighted by molar-refractivity contribution is 6.03. The van der Waals surface area contributed by atoms with E-state index in [1.54, 1.807) is 28.8 Å². The highest BCUT2D eigenvalue weighted by atomic mass is 16.1. The molecule has 3 heterocycles. The summed E-state index contributed by atoms with van der Waals surface area (Å²) < 4.78 is 3.38. The van der Waals surface area contributed by atoms with Gasteiger partial charge in [0.25, 0.3) is 5.91 Å². The van der Waals surface area contributed by atoms with Crippen LogP contribution in [-0.4, -0.2) is 43.5 Å². The normalized spacial score (nSPS) is 15.0. The molecule has 1 aliphatic rings. The van der Waals surface area contributed by atoms with E-state index in [-0.39, 0.29) is 5.91 Å². The van der Waals surface area contributed by atoms with Crippen LogP contribution in [0.4, 0.5) is 5.95 Å². The number of amides is 1. The fraction of sp³-hybridized carbons (Fsp3) is 0.368. The van der Waals surface area contributed by atoms with Gasteiger partial charge in [-0.05, 0) is 31.5 Å². The topological polar surface area (TPSA) is 89.7 Å². The van der Waals surface area contributed by atoms with Crippen molar-refractivity contribution in [2.75, 3.05) is 18.4 Å². The average molecular weight is 365 g/mol. The van der Waals surface area contributed by atoms with E-state index in [4.69, 9.17) is 0 Å². The van der Waals surface area contributed by atoms with Crippen LogP contribution in [0.3, 0.4) is 0 Å². The summed E-state index contributed by atoms with van der Waals surface area (Å²) in [6.45, 7) is 2.58. The van der Waals surface area contributed by atoms with Gasteiger partial charge in [-0.1, -0.05) is 30.3 Å². The molecule has 0 radical (unpaired) electrons. The quantitative estimate of drug-likeness (QED) is 0.719. The molecule has 1 amide bonds. The number of anilines is 1. The number of aryl methyl sites for hydroxylation is 1. The third-order valence-corrected chi connectivity index (χ3v) is 4.79. The Morgan fingerprint density at radius 1 is 1.26 bits per heavy atom. The first-order chi connectivity index (χ1) is 13.2. The minimum atomic E-state index is -0.235. The second kappa shape index (κ2) is 7.71. The van der Waals surface area contributed by atoms with Crippen LogP contribution in [0.15, 0.2) is 42.7 Å². The van der Waals surface area contributed by atoms with E-state index in [1.165, 1.54) is 0 Å². The molecule has 0 atom stereocenters. The average Bonchev–Trinajstić information content (AvgIpc) is 3.30. The zero-order chi connectivity index (χ0) is 18.6. The summed E-state index contributed by atoms with van der Waals surface area (Å²) >= 11 is 0. The molecule has 0 aliphatic carbocycles. The first-order valence-corrected chi connectivity index (χ1v) is 9.18. The Balaban J connectivity index is 1.42. The van der Waals surface area contributed by atoms with Crippen molar-refractivity contribution in [3.05, 3.63) is 59.7 Å². The van der Waals surface area contributed by atoms with Crippen molar-refractivity contribution in [2.24, 2.45) is 7.05 Å². The minimum absolute atomic E-state index is 0.235. The first-order valence-electron chi connectivity index (χ1n) is 9.18. The fourth-order valence-electron chi connectivity index (χ4n) is 3.28. The van der Waals surface area contributed by atoms with Gasteiger partial charge < -0.3 is 5.32 Å². The van der Waals surface area contributed by atoms with E-state index in [0.717, 1.165) is 37.3 Å². The van der Waals surface area contributed by atoms with Crippen molar-refractivity contribution in [1.82, 2.24) is 29.9 Å². The monoisotopic (exact) mass is 365 g/mol. The van der Waals surface area contributed by atoms with E-state index in [9.17, 15) is 4.79 Å². The number of piperidine rings is 1. The predicted molar refractivity (Wildman–Crippen MR) is 102 cm³/mol. The molecular weight excluding hydrogens is 342 g/mol. The van der Waals surface area contributed by atoms with Crippen molar-refractivity contribution in [3.8, 4) is 0 Å². The lowest BCUT2D eigenvalue weighted by atomic mass is 9.98. The van der Waals surface area contributed by atoms with E-state index < -0.39 is 0 Å². The Morgan fingerprint density at radius 3 is 2.81 bits per heavy atom.